The lowest BCUT2D eigenvalue weighted by Crippen LogP contribution is -2.25. The number of nitrogens with zero attached hydrogens (tertiary/aromatic N) is 3. The van der Waals surface area contributed by atoms with E-state index in [0.29, 0.717) is 18.0 Å². The summed E-state index contributed by atoms with van der Waals surface area (Å²) < 4.78 is 8.29. The number of ether oxygens (including phenoxy) is 1. The van der Waals surface area contributed by atoms with Crippen LogP contribution in [0.1, 0.15) is 5.56 Å². The molecule has 32 heavy (non-hydrogen) atoms. The molecule has 0 saturated carbocycles. The molecule has 0 spiro atoms. The number of rotatable bonds is 5. The normalized spacial score (nSPS) is 13.9. The molecule has 160 valence electrons. The van der Waals surface area contributed by atoms with Gasteiger partial charge in [-0.3, -0.25) is 9.79 Å². The highest BCUT2D eigenvalue weighted by Gasteiger charge is 2.17. The second-order valence-corrected chi connectivity index (χ2v) is 8.82. The number of anilines is 1. The van der Waals surface area contributed by atoms with Gasteiger partial charge in [0.2, 0.25) is 4.80 Å². The summed E-state index contributed by atoms with van der Waals surface area (Å²) >= 11 is 5.02. The van der Waals surface area contributed by atoms with Gasteiger partial charge in [0.25, 0.3) is 5.91 Å². The lowest BCUT2D eigenvalue weighted by atomic mass is 10.1. The van der Waals surface area contributed by atoms with Crippen LogP contribution in [0.15, 0.2) is 75.2 Å². The molecule has 0 bridgehead atoms. The number of benzene rings is 2. The maximum absolute atomic E-state index is 11.7. The standard InChI is InChI=1S/C23H18BrN5O2S/c1-2-7-25-23-29(27-11-15-10-26-18-5-4-16(24)9-17(15)18)20(13-32-23)14-3-6-21-19(8-14)28-22(30)12-31-21/h2-6,8-11,13,26H,1,7,12H2,(H,28,30). The van der Waals surface area contributed by atoms with E-state index in [-0.39, 0.29) is 12.5 Å². The van der Waals surface area contributed by atoms with Gasteiger partial charge in [-0.2, -0.15) is 5.10 Å². The van der Waals surface area contributed by atoms with Crippen LogP contribution in [0.5, 0.6) is 5.75 Å². The van der Waals surface area contributed by atoms with Gasteiger partial charge in [0, 0.05) is 38.1 Å². The lowest BCUT2D eigenvalue weighted by Gasteiger charge is -2.18. The minimum absolute atomic E-state index is 0.0282. The molecule has 1 aliphatic rings. The fourth-order valence-electron chi connectivity index (χ4n) is 3.44. The van der Waals surface area contributed by atoms with Crippen molar-refractivity contribution in [3.05, 3.63) is 75.5 Å². The third-order valence-corrected chi connectivity index (χ3v) is 6.28. The van der Waals surface area contributed by atoms with Gasteiger partial charge in [0.1, 0.15) is 5.75 Å². The molecule has 1 amide bonds. The minimum Gasteiger partial charge on any atom is -0.482 e. The number of H-pyrrole nitrogens is 1. The van der Waals surface area contributed by atoms with Crippen molar-refractivity contribution in [2.24, 2.45) is 10.1 Å². The summed E-state index contributed by atoms with van der Waals surface area (Å²) in [7, 11) is 0. The molecule has 4 aromatic rings. The molecule has 1 aliphatic heterocycles. The zero-order valence-corrected chi connectivity index (χ0v) is 19.2. The number of carbonyl (C=O) groups is 1. The van der Waals surface area contributed by atoms with Crippen molar-refractivity contribution in [2.75, 3.05) is 18.5 Å². The first kappa shape index (κ1) is 20.5. The molecular weight excluding hydrogens is 490 g/mol. The minimum atomic E-state index is -0.168. The predicted octanol–water partition coefficient (Wildman–Crippen LogP) is 4.76. The van der Waals surface area contributed by atoms with Crippen LogP contribution in [0.2, 0.25) is 0 Å². The Morgan fingerprint density at radius 3 is 3.06 bits per heavy atom. The highest BCUT2D eigenvalue weighted by molar-refractivity contribution is 9.10. The molecule has 0 atom stereocenters. The average molecular weight is 508 g/mol. The summed E-state index contributed by atoms with van der Waals surface area (Å²) in [5.41, 5.74) is 4.40. The van der Waals surface area contributed by atoms with E-state index in [0.717, 1.165) is 37.0 Å². The molecule has 0 unspecified atom stereocenters. The number of aromatic nitrogens is 2. The van der Waals surface area contributed by atoms with E-state index in [1.165, 1.54) is 11.3 Å². The monoisotopic (exact) mass is 507 g/mol. The number of hydrogen-bond donors (Lipinski definition) is 2. The molecule has 5 rings (SSSR count). The number of thiazole rings is 1. The fourth-order valence-corrected chi connectivity index (χ4v) is 4.65. The van der Waals surface area contributed by atoms with Crippen LogP contribution in [0, 0.1) is 0 Å². The van der Waals surface area contributed by atoms with Crippen molar-refractivity contribution in [1.82, 2.24) is 9.66 Å². The quantitative estimate of drug-likeness (QED) is 0.301. The Labute approximate surface area is 195 Å². The Hall–Kier alpha value is -3.43. The molecule has 0 radical (unpaired) electrons. The fraction of sp³-hybridized carbons (Fsp3) is 0.0870. The van der Waals surface area contributed by atoms with Gasteiger partial charge in [-0.05, 0) is 36.4 Å². The summed E-state index contributed by atoms with van der Waals surface area (Å²) in [6.45, 7) is 4.27. The number of halogens is 1. The van der Waals surface area contributed by atoms with Gasteiger partial charge >= 0.3 is 0 Å². The number of fused-ring (bicyclic) bond motifs is 2. The maximum Gasteiger partial charge on any atom is 0.262 e. The molecule has 2 aromatic heterocycles. The van der Waals surface area contributed by atoms with Gasteiger partial charge in [0.15, 0.2) is 6.61 Å². The van der Waals surface area contributed by atoms with Gasteiger partial charge in [0.05, 0.1) is 24.1 Å². The zero-order valence-electron chi connectivity index (χ0n) is 16.8. The maximum atomic E-state index is 11.7. The Kier molecular flexibility index (Phi) is 5.50. The Bertz CT molecular complexity index is 1450. The second-order valence-electron chi connectivity index (χ2n) is 7.07. The molecule has 3 heterocycles. The number of amides is 1. The second kappa shape index (κ2) is 8.60. The van der Waals surface area contributed by atoms with Crippen LogP contribution >= 0.6 is 27.3 Å². The smallest absolute Gasteiger partial charge is 0.262 e. The molecule has 7 nitrogen and oxygen atoms in total. The Morgan fingerprint density at radius 1 is 1.28 bits per heavy atom. The van der Waals surface area contributed by atoms with E-state index in [4.69, 9.17) is 9.84 Å². The molecule has 0 saturated heterocycles. The number of carbonyl (C=O) groups excluding carboxylic acids is 1. The van der Waals surface area contributed by atoms with Crippen molar-refractivity contribution in [3.63, 3.8) is 0 Å². The summed E-state index contributed by atoms with van der Waals surface area (Å²) in [5, 5.41) is 10.7. The van der Waals surface area contributed by atoms with Crippen molar-refractivity contribution < 1.29 is 9.53 Å². The average Bonchev–Trinajstić information content (AvgIpc) is 3.39. The van der Waals surface area contributed by atoms with E-state index in [1.54, 1.807) is 10.8 Å². The SMILES string of the molecule is C=CCN=c1scc(-c2ccc3c(c2)NC(=O)CO3)n1N=Cc1c[nH]c2ccc(Br)cc12. The molecule has 2 aromatic carbocycles. The molecule has 2 N–H and O–H groups in total. The topological polar surface area (TPSA) is 83.8 Å². The molecule has 9 heteroatoms. The van der Waals surface area contributed by atoms with Gasteiger partial charge in [-0.15, -0.1) is 17.9 Å². The third kappa shape index (κ3) is 3.92. The van der Waals surface area contributed by atoms with Crippen molar-refractivity contribution >= 4 is 56.0 Å². The van der Waals surface area contributed by atoms with Crippen LogP contribution < -0.4 is 14.9 Å². The first-order valence-corrected chi connectivity index (χ1v) is 11.5. The Morgan fingerprint density at radius 2 is 2.19 bits per heavy atom. The van der Waals surface area contributed by atoms with E-state index >= 15 is 0 Å². The van der Waals surface area contributed by atoms with Crippen LogP contribution in [0.4, 0.5) is 5.69 Å². The largest absolute Gasteiger partial charge is 0.482 e. The zero-order chi connectivity index (χ0) is 22.1. The van der Waals surface area contributed by atoms with Crippen LogP contribution in [-0.4, -0.2) is 34.9 Å². The van der Waals surface area contributed by atoms with E-state index in [1.807, 2.05) is 48.1 Å². The highest BCUT2D eigenvalue weighted by Crippen LogP contribution is 2.33. The van der Waals surface area contributed by atoms with Gasteiger partial charge in [-0.25, -0.2) is 4.68 Å². The predicted molar refractivity (Wildman–Crippen MR) is 131 cm³/mol. The number of nitrogens with one attached hydrogen (secondary N) is 2. The molecular formula is C23H18BrN5O2S. The van der Waals surface area contributed by atoms with E-state index < -0.39 is 0 Å². The van der Waals surface area contributed by atoms with Crippen molar-refractivity contribution in [2.45, 2.75) is 0 Å². The summed E-state index contributed by atoms with van der Waals surface area (Å²) in [5.74, 6) is 0.484. The summed E-state index contributed by atoms with van der Waals surface area (Å²) in [6, 6.07) is 11.8. The van der Waals surface area contributed by atoms with Gasteiger partial charge < -0.3 is 15.0 Å². The van der Waals surface area contributed by atoms with Crippen LogP contribution in [0.3, 0.4) is 0 Å². The van der Waals surface area contributed by atoms with Crippen LogP contribution in [0.25, 0.3) is 22.2 Å². The summed E-state index contributed by atoms with van der Waals surface area (Å²) in [6.07, 6.45) is 5.49. The lowest BCUT2D eigenvalue weighted by molar-refractivity contribution is -0.118. The van der Waals surface area contributed by atoms with Crippen LogP contribution in [-0.2, 0) is 4.79 Å². The molecule has 0 aliphatic carbocycles. The van der Waals surface area contributed by atoms with E-state index in [9.17, 15) is 4.79 Å². The number of hydrogen-bond acceptors (Lipinski definition) is 5. The highest BCUT2D eigenvalue weighted by atomic mass is 79.9. The van der Waals surface area contributed by atoms with Crippen molar-refractivity contribution in [1.29, 1.82) is 0 Å². The molecule has 0 fully saturated rings. The number of aromatic amines is 1. The van der Waals surface area contributed by atoms with E-state index in [2.05, 4.69) is 43.9 Å². The first-order chi connectivity index (χ1) is 15.6. The third-order valence-electron chi connectivity index (χ3n) is 4.94. The summed E-state index contributed by atoms with van der Waals surface area (Å²) in [4.78, 5) is 20.3. The van der Waals surface area contributed by atoms with Gasteiger partial charge in [-0.1, -0.05) is 22.0 Å². The first-order valence-electron chi connectivity index (χ1n) is 9.82. The van der Waals surface area contributed by atoms with Crippen molar-refractivity contribution in [3.8, 4) is 17.0 Å². The Balaban J connectivity index is 1.60.